The normalized spacial score (nSPS) is 22.9. The number of rotatable bonds is 3. The second-order valence-electron chi connectivity index (χ2n) is 4.82. The molecule has 1 atom stereocenters. The van der Waals surface area contributed by atoms with E-state index >= 15 is 0 Å². The minimum atomic E-state index is -2.48. The molecule has 2 N–H and O–H groups in total. The van der Waals surface area contributed by atoms with E-state index in [4.69, 9.17) is 17.3 Å². The predicted octanol–water partition coefficient (Wildman–Crippen LogP) is 4.84. The van der Waals surface area contributed by atoms with Gasteiger partial charge in [-0.3, -0.25) is 0 Å². The molecule has 0 aliphatic heterocycles. The topological polar surface area (TPSA) is 26.0 Å². The van der Waals surface area contributed by atoms with Crippen LogP contribution in [0.25, 0.3) is 0 Å². The molecule has 0 amide bonds. The molecule has 0 aromatic heterocycles. The molecule has 0 radical (unpaired) electrons. The number of hydrogen-bond acceptors (Lipinski definition) is 2. The summed E-state index contributed by atoms with van der Waals surface area (Å²) in [5.41, 5.74) is 6.34. The van der Waals surface area contributed by atoms with Crippen LogP contribution in [0.3, 0.4) is 0 Å². The highest BCUT2D eigenvalue weighted by molar-refractivity contribution is 7.99. The lowest BCUT2D eigenvalue weighted by molar-refractivity contribution is -0.0487. The fourth-order valence-corrected chi connectivity index (χ4v) is 3.66. The average molecular weight is 292 g/mol. The van der Waals surface area contributed by atoms with E-state index in [0.29, 0.717) is 22.9 Å². The van der Waals surface area contributed by atoms with Crippen LogP contribution in [0.5, 0.6) is 0 Å². The SMILES string of the molecule is Nc1ccc(Cl)c(SCC2CCCC(F)(F)C2)c1. The van der Waals surface area contributed by atoms with Crippen molar-refractivity contribution in [1.29, 1.82) is 0 Å². The average Bonchev–Trinajstić information content (AvgIpc) is 2.29. The van der Waals surface area contributed by atoms with Gasteiger partial charge in [-0.2, -0.15) is 0 Å². The molecular formula is C13H16ClF2NS. The zero-order valence-electron chi connectivity index (χ0n) is 9.96. The fourth-order valence-electron chi connectivity index (χ4n) is 2.26. The largest absolute Gasteiger partial charge is 0.399 e. The lowest BCUT2D eigenvalue weighted by Gasteiger charge is -2.28. The Bertz CT molecular complexity index is 425. The van der Waals surface area contributed by atoms with E-state index in [0.717, 1.165) is 11.3 Å². The van der Waals surface area contributed by atoms with Gasteiger partial charge in [-0.05, 0) is 37.0 Å². The molecule has 1 saturated carbocycles. The zero-order chi connectivity index (χ0) is 13.2. The molecule has 100 valence electrons. The highest BCUT2D eigenvalue weighted by Crippen LogP contribution is 2.40. The molecule has 1 unspecified atom stereocenters. The Morgan fingerprint density at radius 1 is 1.44 bits per heavy atom. The lowest BCUT2D eigenvalue weighted by Crippen LogP contribution is -2.27. The molecule has 0 bridgehead atoms. The summed E-state index contributed by atoms with van der Waals surface area (Å²) < 4.78 is 26.5. The van der Waals surface area contributed by atoms with Crippen LogP contribution in [0.1, 0.15) is 25.7 Å². The maximum absolute atomic E-state index is 13.3. The van der Waals surface area contributed by atoms with E-state index in [-0.39, 0.29) is 18.8 Å². The molecule has 1 aromatic carbocycles. The van der Waals surface area contributed by atoms with Gasteiger partial charge in [-0.1, -0.05) is 11.6 Å². The van der Waals surface area contributed by atoms with Crippen molar-refractivity contribution in [3.8, 4) is 0 Å². The first-order valence-electron chi connectivity index (χ1n) is 6.02. The number of thioether (sulfide) groups is 1. The molecule has 18 heavy (non-hydrogen) atoms. The highest BCUT2D eigenvalue weighted by Gasteiger charge is 2.35. The Kier molecular flexibility index (Phi) is 4.38. The quantitative estimate of drug-likeness (QED) is 0.637. The molecule has 1 aliphatic rings. The minimum Gasteiger partial charge on any atom is -0.399 e. The van der Waals surface area contributed by atoms with Crippen molar-refractivity contribution in [1.82, 2.24) is 0 Å². The fraction of sp³-hybridized carbons (Fsp3) is 0.538. The van der Waals surface area contributed by atoms with Crippen molar-refractivity contribution < 1.29 is 8.78 Å². The summed E-state index contributed by atoms with van der Waals surface area (Å²) >= 11 is 7.57. The van der Waals surface area contributed by atoms with E-state index in [9.17, 15) is 8.78 Å². The Morgan fingerprint density at radius 3 is 2.94 bits per heavy atom. The minimum absolute atomic E-state index is 0.0000647. The molecule has 0 spiro atoms. The van der Waals surface area contributed by atoms with Gasteiger partial charge in [0.15, 0.2) is 0 Å². The number of nitrogens with two attached hydrogens (primary N) is 1. The molecule has 1 nitrogen and oxygen atoms in total. The molecule has 1 fully saturated rings. The van der Waals surface area contributed by atoms with Crippen LogP contribution in [-0.4, -0.2) is 11.7 Å². The van der Waals surface area contributed by atoms with E-state index in [1.807, 2.05) is 0 Å². The molecule has 5 heteroatoms. The van der Waals surface area contributed by atoms with Gasteiger partial charge in [0, 0.05) is 29.2 Å². The van der Waals surface area contributed by atoms with Crippen molar-refractivity contribution in [3.63, 3.8) is 0 Å². The number of alkyl halides is 2. The van der Waals surface area contributed by atoms with Gasteiger partial charge in [-0.15, -0.1) is 11.8 Å². The Hall–Kier alpha value is -0.480. The van der Waals surface area contributed by atoms with Crippen molar-refractivity contribution in [3.05, 3.63) is 23.2 Å². The molecule has 0 saturated heterocycles. The van der Waals surface area contributed by atoms with E-state index < -0.39 is 5.92 Å². The molecule has 1 aromatic rings. The van der Waals surface area contributed by atoms with E-state index in [2.05, 4.69) is 0 Å². The van der Waals surface area contributed by atoms with Crippen LogP contribution in [0.4, 0.5) is 14.5 Å². The van der Waals surface area contributed by atoms with Crippen LogP contribution in [0, 0.1) is 5.92 Å². The summed E-state index contributed by atoms with van der Waals surface area (Å²) in [6.45, 7) is 0. The Morgan fingerprint density at radius 2 is 2.22 bits per heavy atom. The number of hydrogen-bond donors (Lipinski definition) is 1. The first-order chi connectivity index (χ1) is 8.46. The van der Waals surface area contributed by atoms with Gasteiger partial charge < -0.3 is 5.73 Å². The maximum atomic E-state index is 13.3. The molecule has 1 aliphatic carbocycles. The van der Waals surface area contributed by atoms with Crippen LogP contribution in [0.15, 0.2) is 23.1 Å². The van der Waals surface area contributed by atoms with Crippen LogP contribution >= 0.6 is 23.4 Å². The summed E-state index contributed by atoms with van der Waals surface area (Å²) in [5, 5.41) is 0.636. The van der Waals surface area contributed by atoms with E-state index in [1.54, 1.807) is 18.2 Å². The second kappa shape index (κ2) is 5.66. The number of anilines is 1. The predicted molar refractivity (Wildman–Crippen MR) is 73.5 cm³/mol. The maximum Gasteiger partial charge on any atom is 0.248 e. The van der Waals surface area contributed by atoms with Gasteiger partial charge in [0.2, 0.25) is 5.92 Å². The van der Waals surface area contributed by atoms with Gasteiger partial charge in [0.1, 0.15) is 0 Å². The number of halogens is 3. The van der Waals surface area contributed by atoms with Gasteiger partial charge in [-0.25, -0.2) is 8.78 Å². The molecular weight excluding hydrogens is 276 g/mol. The third kappa shape index (κ3) is 3.75. The number of benzene rings is 1. The summed E-state index contributed by atoms with van der Waals surface area (Å²) in [4.78, 5) is 0.880. The van der Waals surface area contributed by atoms with Crippen LogP contribution in [0.2, 0.25) is 5.02 Å². The monoisotopic (exact) mass is 291 g/mol. The summed E-state index contributed by atoms with van der Waals surface area (Å²) in [6, 6.07) is 5.28. The van der Waals surface area contributed by atoms with Gasteiger partial charge in [0.25, 0.3) is 0 Å². The zero-order valence-corrected chi connectivity index (χ0v) is 11.5. The smallest absolute Gasteiger partial charge is 0.248 e. The van der Waals surface area contributed by atoms with Crippen molar-refractivity contribution in [2.45, 2.75) is 36.5 Å². The Balaban J connectivity index is 1.93. The van der Waals surface area contributed by atoms with Gasteiger partial charge >= 0.3 is 0 Å². The lowest BCUT2D eigenvalue weighted by atomic mass is 9.88. The highest BCUT2D eigenvalue weighted by atomic mass is 35.5. The first kappa shape index (κ1) is 13.9. The van der Waals surface area contributed by atoms with Crippen molar-refractivity contribution in [2.24, 2.45) is 5.92 Å². The first-order valence-corrected chi connectivity index (χ1v) is 7.38. The Labute approximate surface area is 115 Å². The van der Waals surface area contributed by atoms with Crippen molar-refractivity contribution >= 4 is 29.1 Å². The standard InChI is InChI=1S/C13H16ClF2NS/c14-11-4-3-10(17)6-12(11)18-8-9-2-1-5-13(15,16)7-9/h3-4,6,9H,1-2,5,7-8,17H2. The summed E-state index contributed by atoms with van der Waals surface area (Å²) in [5.74, 6) is -1.74. The molecule has 2 rings (SSSR count). The van der Waals surface area contributed by atoms with Crippen LogP contribution in [-0.2, 0) is 0 Å². The van der Waals surface area contributed by atoms with Gasteiger partial charge in [0.05, 0.1) is 5.02 Å². The third-order valence-electron chi connectivity index (χ3n) is 3.17. The van der Waals surface area contributed by atoms with E-state index in [1.165, 1.54) is 11.8 Å². The van der Waals surface area contributed by atoms with Crippen LogP contribution < -0.4 is 5.73 Å². The second-order valence-corrected chi connectivity index (χ2v) is 6.29. The number of nitrogen functional groups attached to an aromatic ring is 1. The summed E-state index contributed by atoms with van der Waals surface area (Å²) in [7, 11) is 0. The molecule has 0 heterocycles. The third-order valence-corrected chi connectivity index (χ3v) is 4.90. The van der Waals surface area contributed by atoms with Crippen molar-refractivity contribution in [2.75, 3.05) is 11.5 Å². The summed E-state index contributed by atoms with van der Waals surface area (Å²) in [6.07, 6.45) is 1.53.